The van der Waals surface area contributed by atoms with E-state index in [-0.39, 0.29) is 0 Å². The van der Waals surface area contributed by atoms with Crippen LogP contribution in [0.3, 0.4) is 0 Å². The van der Waals surface area contributed by atoms with E-state index in [2.05, 4.69) is 15.9 Å². The van der Waals surface area contributed by atoms with E-state index in [4.69, 9.17) is 33.7 Å². The fraction of sp³-hybridized carbons (Fsp3) is 0.143. The summed E-state index contributed by atoms with van der Waals surface area (Å²) in [6.07, 6.45) is 0. The number of hydrogen-bond donors (Lipinski definition) is 1. The molecule has 0 radical (unpaired) electrons. The lowest BCUT2D eigenvalue weighted by Crippen LogP contribution is -2.00. The van der Waals surface area contributed by atoms with Gasteiger partial charge >= 0.3 is 0 Å². The third-order valence-electron chi connectivity index (χ3n) is 2.63. The topological polar surface area (TPSA) is 35.2 Å². The van der Waals surface area contributed by atoms with Crippen LogP contribution in [-0.2, 0) is 13.2 Å². The van der Waals surface area contributed by atoms with Gasteiger partial charge in [-0.3, -0.25) is 0 Å². The van der Waals surface area contributed by atoms with Gasteiger partial charge in [0.05, 0.1) is 10.0 Å². The van der Waals surface area contributed by atoms with Crippen molar-refractivity contribution < 1.29 is 4.74 Å². The molecule has 19 heavy (non-hydrogen) atoms. The first-order chi connectivity index (χ1) is 9.10. The zero-order valence-electron chi connectivity index (χ0n) is 10.00. The Hall–Kier alpha value is -0.740. The van der Waals surface area contributed by atoms with E-state index in [1.165, 1.54) is 0 Å². The van der Waals surface area contributed by atoms with Crippen molar-refractivity contribution in [1.82, 2.24) is 0 Å². The minimum Gasteiger partial charge on any atom is -0.489 e. The Kier molecular flexibility index (Phi) is 5.11. The lowest BCUT2D eigenvalue weighted by molar-refractivity contribution is 0.306. The summed E-state index contributed by atoms with van der Waals surface area (Å²) in [7, 11) is 0. The fourth-order valence-corrected chi connectivity index (χ4v) is 2.32. The molecule has 0 saturated carbocycles. The second kappa shape index (κ2) is 6.62. The fourth-order valence-electron chi connectivity index (χ4n) is 1.59. The van der Waals surface area contributed by atoms with Gasteiger partial charge in [0.2, 0.25) is 0 Å². The average molecular weight is 361 g/mol. The molecule has 0 amide bonds. The number of nitrogens with two attached hydrogens (primary N) is 1. The second-order valence-electron chi connectivity index (χ2n) is 3.99. The van der Waals surface area contributed by atoms with E-state index >= 15 is 0 Å². The maximum Gasteiger partial charge on any atom is 0.120 e. The zero-order valence-corrected chi connectivity index (χ0v) is 13.1. The maximum atomic E-state index is 5.95. The Bertz CT molecular complexity index is 590. The molecule has 0 unspecified atom stereocenters. The summed E-state index contributed by atoms with van der Waals surface area (Å²) >= 11 is 15.3. The smallest absolute Gasteiger partial charge is 0.120 e. The highest BCUT2D eigenvalue weighted by atomic mass is 79.9. The Labute approximate surface area is 130 Å². The molecule has 2 rings (SSSR count). The number of rotatable bonds is 4. The van der Waals surface area contributed by atoms with Gasteiger partial charge in [0.15, 0.2) is 0 Å². The molecule has 0 aromatic heterocycles. The molecular formula is C14H12BrCl2NO. The third-order valence-corrected chi connectivity index (χ3v) is 4.14. The molecule has 0 heterocycles. The van der Waals surface area contributed by atoms with Crippen LogP contribution in [0.25, 0.3) is 0 Å². The summed E-state index contributed by atoms with van der Waals surface area (Å²) in [4.78, 5) is 0. The van der Waals surface area contributed by atoms with Crippen molar-refractivity contribution in [2.45, 2.75) is 13.2 Å². The van der Waals surface area contributed by atoms with E-state index < -0.39 is 0 Å². The molecule has 0 aliphatic rings. The van der Waals surface area contributed by atoms with Gasteiger partial charge in [0, 0.05) is 11.0 Å². The Morgan fingerprint density at radius 1 is 1.05 bits per heavy atom. The minimum absolute atomic E-state index is 0.433. The van der Waals surface area contributed by atoms with Gasteiger partial charge < -0.3 is 10.5 Å². The highest BCUT2D eigenvalue weighted by Crippen LogP contribution is 2.25. The first-order valence-electron chi connectivity index (χ1n) is 5.65. The third kappa shape index (κ3) is 3.86. The highest BCUT2D eigenvalue weighted by Gasteiger charge is 2.03. The van der Waals surface area contributed by atoms with Crippen molar-refractivity contribution in [1.29, 1.82) is 0 Å². The molecule has 5 heteroatoms. The SMILES string of the molecule is NCc1cc(OCc2ccc(Cl)c(Cl)c2)ccc1Br. The van der Waals surface area contributed by atoms with Crippen LogP contribution in [0.2, 0.25) is 10.0 Å². The predicted octanol–water partition coefficient (Wildman–Crippen LogP) is 4.79. The van der Waals surface area contributed by atoms with Crippen LogP contribution in [-0.4, -0.2) is 0 Å². The summed E-state index contributed by atoms with van der Waals surface area (Å²) in [6.45, 7) is 0.896. The summed E-state index contributed by atoms with van der Waals surface area (Å²) in [5, 5.41) is 1.07. The summed E-state index contributed by atoms with van der Waals surface area (Å²) in [6, 6.07) is 11.2. The van der Waals surface area contributed by atoms with Crippen LogP contribution in [0.15, 0.2) is 40.9 Å². The van der Waals surface area contributed by atoms with Gasteiger partial charge in [0.1, 0.15) is 12.4 Å². The molecular weight excluding hydrogens is 349 g/mol. The lowest BCUT2D eigenvalue weighted by atomic mass is 10.2. The molecule has 2 N–H and O–H groups in total. The van der Waals surface area contributed by atoms with Crippen LogP contribution in [0.4, 0.5) is 0 Å². The zero-order chi connectivity index (χ0) is 13.8. The molecule has 100 valence electrons. The molecule has 0 bridgehead atoms. The first-order valence-corrected chi connectivity index (χ1v) is 7.20. The summed E-state index contributed by atoms with van der Waals surface area (Å²) < 4.78 is 6.69. The lowest BCUT2D eigenvalue weighted by Gasteiger charge is -2.09. The average Bonchev–Trinajstić information content (AvgIpc) is 2.41. The van der Waals surface area contributed by atoms with Gasteiger partial charge in [-0.15, -0.1) is 0 Å². The first kappa shape index (κ1) is 14.7. The van der Waals surface area contributed by atoms with Gasteiger partial charge in [-0.1, -0.05) is 45.2 Å². The maximum absolute atomic E-state index is 5.95. The van der Waals surface area contributed by atoms with E-state index in [0.717, 1.165) is 21.3 Å². The van der Waals surface area contributed by atoms with Crippen LogP contribution in [0.5, 0.6) is 5.75 Å². The van der Waals surface area contributed by atoms with Crippen molar-refractivity contribution in [2.75, 3.05) is 0 Å². The Morgan fingerprint density at radius 2 is 1.84 bits per heavy atom. The number of benzene rings is 2. The summed E-state index contributed by atoms with van der Waals surface area (Å²) in [5.41, 5.74) is 7.62. The molecule has 2 nitrogen and oxygen atoms in total. The van der Waals surface area contributed by atoms with E-state index in [1.807, 2.05) is 24.3 Å². The Balaban J connectivity index is 2.07. The van der Waals surface area contributed by atoms with E-state index in [9.17, 15) is 0 Å². The van der Waals surface area contributed by atoms with Crippen molar-refractivity contribution in [2.24, 2.45) is 5.73 Å². The van der Waals surface area contributed by atoms with Crippen molar-refractivity contribution in [3.05, 3.63) is 62.0 Å². The normalized spacial score (nSPS) is 10.5. The molecule has 0 fully saturated rings. The second-order valence-corrected chi connectivity index (χ2v) is 5.66. The molecule has 0 aliphatic heterocycles. The van der Waals surface area contributed by atoms with Crippen LogP contribution < -0.4 is 10.5 Å². The number of ether oxygens (including phenoxy) is 1. The van der Waals surface area contributed by atoms with Gasteiger partial charge in [-0.25, -0.2) is 0 Å². The van der Waals surface area contributed by atoms with Crippen molar-refractivity contribution >= 4 is 39.1 Å². The van der Waals surface area contributed by atoms with Gasteiger partial charge in [-0.05, 0) is 41.5 Å². The van der Waals surface area contributed by atoms with Crippen LogP contribution in [0.1, 0.15) is 11.1 Å². The molecule has 2 aromatic carbocycles. The molecule has 0 atom stereocenters. The monoisotopic (exact) mass is 359 g/mol. The van der Waals surface area contributed by atoms with Gasteiger partial charge in [0.25, 0.3) is 0 Å². The minimum atomic E-state index is 0.433. The number of halogens is 3. The molecule has 0 spiro atoms. The summed E-state index contributed by atoms with van der Waals surface area (Å²) in [5.74, 6) is 0.773. The van der Waals surface area contributed by atoms with Gasteiger partial charge in [-0.2, -0.15) is 0 Å². The van der Waals surface area contributed by atoms with E-state index in [0.29, 0.717) is 23.2 Å². The molecule has 0 saturated heterocycles. The Morgan fingerprint density at radius 3 is 2.53 bits per heavy atom. The van der Waals surface area contributed by atoms with Crippen LogP contribution >= 0.6 is 39.1 Å². The van der Waals surface area contributed by atoms with E-state index in [1.54, 1.807) is 12.1 Å². The quantitative estimate of drug-likeness (QED) is 0.850. The molecule has 2 aromatic rings. The standard InChI is InChI=1S/C14H12BrCl2NO/c15-12-3-2-11(6-10(12)7-18)19-8-9-1-4-13(16)14(17)5-9/h1-6H,7-8,18H2. The van der Waals surface area contributed by atoms with Crippen LogP contribution in [0, 0.1) is 0 Å². The largest absolute Gasteiger partial charge is 0.489 e. The highest BCUT2D eigenvalue weighted by molar-refractivity contribution is 9.10. The van der Waals surface area contributed by atoms with Crippen molar-refractivity contribution in [3.63, 3.8) is 0 Å². The number of hydrogen-bond acceptors (Lipinski definition) is 2. The molecule has 0 aliphatic carbocycles. The predicted molar refractivity (Wildman–Crippen MR) is 82.8 cm³/mol. The van der Waals surface area contributed by atoms with Crippen molar-refractivity contribution in [3.8, 4) is 5.75 Å².